The molecule has 23 heavy (non-hydrogen) atoms. The van der Waals surface area contributed by atoms with E-state index in [2.05, 4.69) is 5.32 Å². The molecular formula is C18H21FN2O2. The summed E-state index contributed by atoms with van der Waals surface area (Å²) in [7, 11) is 3.38. The molecule has 0 fully saturated rings. The highest BCUT2D eigenvalue weighted by Crippen LogP contribution is 2.25. The number of methoxy groups -OCH3 is 1. The minimum absolute atomic E-state index is 0.146. The number of anilines is 1. The number of nitrogens with zero attached hydrogens (tertiary/aromatic N) is 1. The van der Waals surface area contributed by atoms with E-state index < -0.39 is 0 Å². The fraction of sp³-hybridized carbons (Fsp3) is 0.278. The second-order valence-electron chi connectivity index (χ2n) is 5.55. The Bertz CT molecular complexity index is 688. The Kier molecular flexibility index (Phi) is 5.71. The van der Waals surface area contributed by atoms with Gasteiger partial charge in [-0.15, -0.1) is 0 Å². The lowest BCUT2D eigenvalue weighted by molar-refractivity contribution is -0.117. The summed E-state index contributed by atoms with van der Waals surface area (Å²) in [4.78, 5) is 14.0. The molecule has 5 heteroatoms. The second-order valence-corrected chi connectivity index (χ2v) is 5.55. The molecule has 2 aromatic rings. The molecule has 0 unspecified atom stereocenters. The monoisotopic (exact) mass is 316 g/mol. The maximum Gasteiger partial charge on any atom is 0.238 e. The number of carbonyl (C=O) groups excluding carboxylic acids is 1. The standard InChI is InChI=1S/C18H21FN2O2/c1-13-7-8-17(23-3)16(9-13)20-18(22)12-21(2)11-14-5-4-6-15(19)10-14/h4-10H,11-12H2,1-3H3,(H,20,22). The number of halogens is 1. The number of hydrogen-bond donors (Lipinski definition) is 1. The van der Waals surface area contributed by atoms with Crippen LogP contribution in [0.25, 0.3) is 0 Å². The Hall–Kier alpha value is -2.40. The summed E-state index contributed by atoms with van der Waals surface area (Å²) in [5.41, 5.74) is 2.51. The van der Waals surface area contributed by atoms with E-state index in [9.17, 15) is 9.18 Å². The number of ether oxygens (including phenoxy) is 1. The highest BCUT2D eigenvalue weighted by Gasteiger charge is 2.11. The van der Waals surface area contributed by atoms with E-state index in [4.69, 9.17) is 4.74 Å². The smallest absolute Gasteiger partial charge is 0.238 e. The number of carbonyl (C=O) groups is 1. The molecule has 0 aliphatic heterocycles. The predicted molar refractivity (Wildman–Crippen MR) is 89.1 cm³/mol. The highest BCUT2D eigenvalue weighted by molar-refractivity contribution is 5.93. The number of benzene rings is 2. The Morgan fingerprint density at radius 1 is 1.26 bits per heavy atom. The van der Waals surface area contributed by atoms with E-state index >= 15 is 0 Å². The van der Waals surface area contributed by atoms with Crippen LogP contribution in [0.3, 0.4) is 0 Å². The third-order valence-corrected chi connectivity index (χ3v) is 3.38. The van der Waals surface area contributed by atoms with Crippen LogP contribution in [0.2, 0.25) is 0 Å². The van der Waals surface area contributed by atoms with Crippen LogP contribution in [0.15, 0.2) is 42.5 Å². The first-order valence-corrected chi connectivity index (χ1v) is 7.35. The molecule has 0 aliphatic carbocycles. The normalized spacial score (nSPS) is 10.7. The minimum Gasteiger partial charge on any atom is -0.495 e. The van der Waals surface area contributed by atoms with Crippen molar-refractivity contribution < 1.29 is 13.9 Å². The number of aryl methyl sites for hydroxylation is 1. The van der Waals surface area contributed by atoms with Crippen LogP contribution < -0.4 is 10.1 Å². The van der Waals surface area contributed by atoms with Gasteiger partial charge in [0.1, 0.15) is 11.6 Å². The van der Waals surface area contributed by atoms with Crippen LogP contribution in [0.5, 0.6) is 5.75 Å². The van der Waals surface area contributed by atoms with Crippen LogP contribution >= 0.6 is 0 Å². The van der Waals surface area contributed by atoms with Gasteiger partial charge in [0, 0.05) is 6.54 Å². The molecule has 2 aromatic carbocycles. The molecule has 0 saturated heterocycles. The van der Waals surface area contributed by atoms with Crippen LogP contribution in [0.1, 0.15) is 11.1 Å². The van der Waals surface area contributed by atoms with Crippen molar-refractivity contribution in [3.05, 3.63) is 59.4 Å². The van der Waals surface area contributed by atoms with Gasteiger partial charge in [0.2, 0.25) is 5.91 Å². The molecule has 0 aromatic heterocycles. The number of nitrogens with one attached hydrogen (secondary N) is 1. The van der Waals surface area contributed by atoms with Gasteiger partial charge in [-0.25, -0.2) is 4.39 Å². The van der Waals surface area contributed by atoms with Gasteiger partial charge in [-0.2, -0.15) is 0 Å². The van der Waals surface area contributed by atoms with E-state index in [1.807, 2.05) is 43.1 Å². The van der Waals surface area contributed by atoms with E-state index in [0.29, 0.717) is 18.0 Å². The Labute approximate surface area is 135 Å². The van der Waals surface area contributed by atoms with Crippen molar-refractivity contribution in [2.24, 2.45) is 0 Å². The zero-order valence-corrected chi connectivity index (χ0v) is 13.6. The van der Waals surface area contributed by atoms with Gasteiger partial charge in [-0.3, -0.25) is 9.69 Å². The third kappa shape index (κ3) is 5.07. The Balaban J connectivity index is 1.95. The molecule has 0 bridgehead atoms. The average molecular weight is 316 g/mol. The molecule has 2 rings (SSSR count). The summed E-state index contributed by atoms with van der Waals surface area (Å²) in [6.45, 7) is 2.65. The molecule has 0 saturated carbocycles. The Morgan fingerprint density at radius 3 is 2.74 bits per heavy atom. The molecule has 122 valence electrons. The first-order valence-electron chi connectivity index (χ1n) is 7.35. The van der Waals surface area contributed by atoms with Crippen molar-refractivity contribution >= 4 is 11.6 Å². The van der Waals surface area contributed by atoms with Gasteiger partial charge in [-0.05, 0) is 49.4 Å². The molecule has 0 atom stereocenters. The summed E-state index contributed by atoms with van der Waals surface area (Å²) < 4.78 is 18.4. The molecule has 4 nitrogen and oxygen atoms in total. The first-order chi connectivity index (χ1) is 11.0. The SMILES string of the molecule is COc1ccc(C)cc1NC(=O)CN(C)Cc1cccc(F)c1. The first kappa shape index (κ1) is 17.0. The molecule has 0 radical (unpaired) electrons. The number of hydrogen-bond acceptors (Lipinski definition) is 3. The number of rotatable bonds is 6. The summed E-state index contributed by atoms with van der Waals surface area (Å²) in [5, 5.41) is 2.85. The summed E-state index contributed by atoms with van der Waals surface area (Å²) >= 11 is 0. The van der Waals surface area contributed by atoms with Crippen LogP contribution in [-0.4, -0.2) is 31.5 Å². The summed E-state index contributed by atoms with van der Waals surface area (Å²) in [6, 6.07) is 12.0. The van der Waals surface area contributed by atoms with Crippen molar-refractivity contribution in [3.8, 4) is 5.75 Å². The van der Waals surface area contributed by atoms with E-state index in [0.717, 1.165) is 11.1 Å². The lowest BCUT2D eigenvalue weighted by atomic mass is 10.2. The second kappa shape index (κ2) is 7.74. The summed E-state index contributed by atoms with van der Waals surface area (Å²) in [6.07, 6.45) is 0. The van der Waals surface area contributed by atoms with Gasteiger partial charge in [0.05, 0.1) is 19.3 Å². The van der Waals surface area contributed by atoms with Crippen molar-refractivity contribution in [3.63, 3.8) is 0 Å². The quantitative estimate of drug-likeness (QED) is 0.890. The lowest BCUT2D eigenvalue weighted by Gasteiger charge is -2.17. The van der Waals surface area contributed by atoms with E-state index in [1.54, 1.807) is 13.2 Å². The number of amides is 1. The van der Waals surface area contributed by atoms with Gasteiger partial charge < -0.3 is 10.1 Å². The van der Waals surface area contributed by atoms with Gasteiger partial charge >= 0.3 is 0 Å². The van der Waals surface area contributed by atoms with Crippen molar-refractivity contribution in [2.75, 3.05) is 26.0 Å². The highest BCUT2D eigenvalue weighted by atomic mass is 19.1. The van der Waals surface area contributed by atoms with Gasteiger partial charge in [0.25, 0.3) is 0 Å². The zero-order valence-electron chi connectivity index (χ0n) is 13.6. The van der Waals surface area contributed by atoms with Crippen molar-refractivity contribution in [2.45, 2.75) is 13.5 Å². The maximum absolute atomic E-state index is 13.2. The lowest BCUT2D eigenvalue weighted by Crippen LogP contribution is -2.30. The van der Waals surface area contributed by atoms with Gasteiger partial charge in [0.15, 0.2) is 0 Å². The molecule has 0 aliphatic rings. The number of likely N-dealkylation sites (N-methyl/N-ethyl adjacent to an activating group) is 1. The predicted octanol–water partition coefficient (Wildman–Crippen LogP) is 3.21. The minimum atomic E-state index is -0.273. The fourth-order valence-electron chi connectivity index (χ4n) is 2.36. The van der Waals surface area contributed by atoms with Crippen LogP contribution in [-0.2, 0) is 11.3 Å². The van der Waals surface area contributed by atoms with Crippen molar-refractivity contribution in [1.29, 1.82) is 0 Å². The van der Waals surface area contributed by atoms with E-state index in [-0.39, 0.29) is 18.3 Å². The van der Waals surface area contributed by atoms with Crippen molar-refractivity contribution in [1.82, 2.24) is 4.90 Å². The largest absolute Gasteiger partial charge is 0.495 e. The maximum atomic E-state index is 13.2. The molecule has 0 heterocycles. The Morgan fingerprint density at radius 2 is 2.04 bits per heavy atom. The molecule has 1 N–H and O–H groups in total. The summed E-state index contributed by atoms with van der Waals surface area (Å²) in [5.74, 6) is 0.203. The van der Waals surface area contributed by atoms with Crippen LogP contribution in [0.4, 0.5) is 10.1 Å². The fourth-order valence-corrected chi connectivity index (χ4v) is 2.36. The zero-order chi connectivity index (χ0) is 16.8. The molecular weight excluding hydrogens is 295 g/mol. The average Bonchev–Trinajstić information content (AvgIpc) is 2.47. The van der Waals surface area contributed by atoms with E-state index in [1.165, 1.54) is 12.1 Å². The van der Waals surface area contributed by atoms with Gasteiger partial charge in [-0.1, -0.05) is 18.2 Å². The molecule has 0 spiro atoms. The molecule has 1 amide bonds. The third-order valence-electron chi connectivity index (χ3n) is 3.38. The topological polar surface area (TPSA) is 41.6 Å². The van der Waals surface area contributed by atoms with Crippen LogP contribution in [0, 0.1) is 12.7 Å².